The maximum Gasteiger partial charge on any atom is 0.171 e. The number of nitrogens with one attached hydrogen (secondary N) is 1. The van der Waals surface area contributed by atoms with Gasteiger partial charge in [-0.2, -0.15) is 0 Å². The molecule has 22 heavy (non-hydrogen) atoms. The Hall–Kier alpha value is -1.55. The van der Waals surface area contributed by atoms with Crippen LogP contribution in [0.5, 0.6) is 11.5 Å². The van der Waals surface area contributed by atoms with Gasteiger partial charge in [0.05, 0.1) is 25.6 Å². The van der Waals surface area contributed by atoms with Crippen molar-refractivity contribution in [2.24, 2.45) is 5.92 Å². The molecule has 1 aromatic rings. The van der Waals surface area contributed by atoms with Gasteiger partial charge in [-0.05, 0) is 49.8 Å². The Balaban J connectivity index is 1.54. The Bertz CT molecular complexity index is 578. The predicted octanol–water partition coefficient (Wildman–Crippen LogP) is 1.27. The number of ether oxygens (including phenoxy) is 2. The van der Waals surface area contributed by atoms with E-state index in [0.717, 1.165) is 42.0 Å². The average Bonchev–Trinajstić information content (AvgIpc) is 2.57. The van der Waals surface area contributed by atoms with Gasteiger partial charge in [-0.15, -0.1) is 0 Å². The minimum atomic E-state index is 0.183. The highest BCUT2D eigenvalue weighted by atomic mass is 16.6. The molecule has 3 aliphatic rings. The van der Waals surface area contributed by atoms with E-state index in [9.17, 15) is 4.79 Å². The van der Waals surface area contributed by atoms with Crippen molar-refractivity contribution in [1.82, 2.24) is 0 Å². The van der Waals surface area contributed by atoms with Crippen LogP contribution in [0.1, 0.15) is 41.6 Å². The van der Waals surface area contributed by atoms with Gasteiger partial charge in [-0.3, -0.25) is 4.79 Å². The first kappa shape index (κ1) is 14.1. The van der Waals surface area contributed by atoms with E-state index in [1.54, 1.807) is 4.90 Å². The van der Waals surface area contributed by atoms with Crippen molar-refractivity contribution in [3.8, 4) is 11.5 Å². The van der Waals surface area contributed by atoms with Crippen LogP contribution in [0, 0.1) is 5.92 Å². The molecule has 0 amide bonds. The van der Waals surface area contributed by atoms with Crippen LogP contribution >= 0.6 is 0 Å². The molecule has 2 heterocycles. The summed E-state index contributed by atoms with van der Waals surface area (Å²) in [6.07, 6.45) is 5.94. The van der Waals surface area contributed by atoms with Gasteiger partial charge in [0.15, 0.2) is 17.3 Å². The topological polar surface area (TPSA) is 40.0 Å². The van der Waals surface area contributed by atoms with E-state index in [1.165, 1.54) is 32.4 Å². The quantitative estimate of drug-likeness (QED) is 0.894. The molecule has 1 aliphatic carbocycles. The monoisotopic (exact) mass is 302 g/mol. The number of hydrogen-bond acceptors (Lipinski definition) is 3. The zero-order valence-electron chi connectivity index (χ0n) is 13.0. The number of ketones is 1. The molecule has 0 radical (unpaired) electrons. The van der Waals surface area contributed by atoms with Crippen molar-refractivity contribution in [3.63, 3.8) is 0 Å². The van der Waals surface area contributed by atoms with Crippen molar-refractivity contribution in [3.05, 3.63) is 23.3 Å². The van der Waals surface area contributed by atoms with E-state index in [-0.39, 0.29) is 5.92 Å². The lowest BCUT2D eigenvalue weighted by Gasteiger charge is -2.30. The molecule has 4 rings (SSSR count). The Morgan fingerprint density at radius 1 is 1.05 bits per heavy atom. The van der Waals surface area contributed by atoms with Crippen LogP contribution in [0.4, 0.5) is 0 Å². The summed E-state index contributed by atoms with van der Waals surface area (Å²) in [4.78, 5) is 14.5. The largest absolute Gasteiger partial charge is 0.486 e. The van der Waals surface area contributed by atoms with Crippen LogP contribution in [-0.4, -0.2) is 38.6 Å². The minimum absolute atomic E-state index is 0.183. The van der Waals surface area contributed by atoms with Gasteiger partial charge in [0.2, 0.25) is 0 Å². The fourth-order valence-corrected chi connectivity index (χ4v) is 4.05. The third kappa shape index (κ3) is 2.60. The third-order valence-electron chi connectivity index (χ3n) is 5.26. The van der Waals surface area contributed by atoms with Crippen LogP contribution < -0.4 is 14.4 Å². The summed E-state index contributed by atoms with van der Waals surface area (Å²) < 4.78 is 11.3. The molecule has 4 nitrogen and oxygen atoms in total. The fraction of sp³-hybridized carbons (Fsp3) is 0.611. The molecule has 1 aromatic carbocycles. The van der Waals surface area contributed by atoms with Gasteiger partial charge in [0.1, 0.15) is 13.2 Å². The third-order valence-corrected chi connectivity index (χ3v) is 5.26. The van der Waals surface area contributed by atoms with E-state index in [2.05, 4.69) is 0 Å². The SMILES string of the molecule is O=C1c2cc3c(cc2CCC1C[NH+]1CCCCC1)OCCO3. The van der Waals surface area contributed by atoms with Crippen LogP contribution in [0.2, 0.25) is 0 Å². The highest BCUT2D eigenvalue weighted by Gasteiger charge is 2.32. The van der Waals surface area contributed by atoms with Crippen molar-refractivity contribution in [2.75, 3.05) is 32.8 Å². The number of likely N-dealkylation sites (tertiary alicyclic amines) is 1. The summed E-state index contributed by atoms with van der Waals surface area (Å²) in [7, 11) is 0. The first-order chi connectivity index (χ1) is 10.8. The van der Waals surface area contributed by atoms with Crippen molar-refractivity contribution in [2.45, 2.75) is 32.1 Å². The van der Waals surface area contributed by atoms with E-state index in [4.69, 9.17) is 9.47 Å². The average molecular weight is 302 g/mol. The number of hydrogen-bond donors (Lipinski definition) is 1. The smallest absolute Gasteiger partial charge is 0.171 e. The number of aryl methyl sites for hydroxylation is 1. The van der Waals surface area contributed by atoms with E-state index < -0.39 is 0 Å². The molecule has 1 unspecified atom stereocenters. The van der Waals surface area contributed by atoms with Crippen molar-refractivity contribution >= 4 is 5.78 Å². The molecule has 1 fully saturated rings. The normalized spacial score (nSPS) is 24.9. The molecular weight excluding hydrogens is 278 g/mol. The Morgan fingerprint density at radius 3 is 2.55 bits per heavy atom. The standard InChI is InChI=1S/C18H23NO3/c20-18-14(12-19-6-2-1-3-7-19)5-4-13-10-16-17(11-15(13)18)22-9-8-21-16/h10-11,14H,1-9,12H2/p+1. The maximum absolute atomic E-state index is 12.9. The molecule has 2 aliphatic heterocycles. The van der Waals surface area contributed by atoms with Gasteiger partial charge < -0.3 is 14.4 Å². The zero-order chi connectivity index (χ0) is 14.9. The Kier molecular flexibility index (Phi) is 3.78. The lowest BCUT2D eigenvalue weighted by molar-refractivity contribution is -0.907. The summed E-state index contributed by atoms with van der Waals surface area (Å²) >= 11 is 0. The minimum Gasteiger partial charge on any atom is -0.486 e. The second kappa shape index (κ2) is 5.92. The number of carbonyl (C=O) groups is 1. The Morgan fingerprint density at radius 2 is 1.77 bits per heavy atom. The summed E-state index contributed by atoms with van der Waals surface area (Å²) in [6, 6.07) is 3.94. The molecule has 0 aromatic heterocycles. The number of quaternary nitrogens is 1. The summed E-state index contributed by atoms with van der Waals surface area (Å²) in [5.74, 6) is 2.04. The summed E-state index contributed by atoms with van der Waals surface area (Å²) in [5.41, 5.74) is 2.01. The van der Waals surface area contributed by atoms with Crippen LogP contribution in [-0.2, 0) is 6.42 Å². The van der Waals surface area contributed by atoms with Crippen LogP contribution in [0.3, 0.4) is 0 Å². The number of fused-ring (bicyclic) bond motifs is 2. The van der Waals surface area contributed by atoms with Gasteiger partial charge in [0, 0.05) is 5.56 Å². The van der Waals surface area contributed by atoms with Crippen LogP contribution in [0.25, 0.3) is 0 Å². The lowest BCUT2D eigenvalue weighted by Crippen LogP contribution is -3.13. The first-order valence-electron chi connectivity index (χ1n) is 8.61. The van der Waals surface area contributed by atoms with Gasteiger partial charge >= 0.3 is 0 Å². The first-order valence-corrected chi connectivity index (χ1v) is 8.61. The van der Waals surface area contributed by atoms with Crippen LogP contribution in [0.15, 0.2) is 12.1 Å². The molecule has 0 bridgehead atoms. The Labute approximate surface area is 131 Å². The number of rotatable bonds is 2. The fourth-order valence-electron chi connectivity index (χ4n) is 4.05. The molecule has 1 N–H and O–H groups in total. The van der Waals surface area contributed by atoms with E-state index in [1.807, 2.05) is 12.1 Å². The molecule has 0 saturated carbocycles. The predicted molar refractivity (Wildman–Crippen MR) is 83.0 cm³/mol. The number of piperidine rings is 1. The summed E-state index contributed by atoms with van der Waals surface area (Å²) in [5, 5.41) is 0. The molecular formula is C18H24NO3+. The van der Waals surface area contributed by atoms with Gasteiger partial charge in [-0.1, -0.05) is 0 Å². The molecule has 4 heteroatoms. The highest BCUT2D eigenvalue weighted by molar-refractivity contribution is 6.01. The molecule has 118 valence electrons. The van der Waals surface area contributed by atoms with E-state index >= 15 is 0 Å². The number of carbonyl (C=O) groups excluding carboxylic acids is 1. The van der Waals surface area contributed by atoms with Gasteiger partial charge in [-0.25, -0.2) is 0 Å². The maximum atomic E-state index is 12.9. The molecule has 1 atom stereocenters. The number of benzene rings is 1. The van der Waals surface area contributed by atoms with E-state index in [0.29, 0.717) is 19.0 Å². The lowest BCUT2D eigenvalue weighted by atomic mass is 9.82. The summed E-state index contributed by atoms with van der Waals surface area (Å²) in [6.45, 7) is 4.64. The highest BCUT2D eigenvalue weighted by Crippen LogP contribution is 2.37. The van der Waals surface area contributed by atoms with Gasteiger partial charge in [0.25, 0.3) is 0 Å². The van der Waals surface area contributed by atoms with Crippen molar-refractivity contribution in [1.29, 1.82) is 0 Å². The zero-order valence-corrected chi connectivity index (χ0v) is 13.0. The molecule has 0 spiro atoms. The van der Waals surface area contributed by atoms with Crippen molar-refractivity contribution < 1.29 is 19.2 Å². The second-order valence-corrected chi connectivity index (χ2v) is 6.77. The number of Topliss-reactive ketones (excluding diaryl/α,β-unsaturated/α-hetero) is 1. The second-order valence-electron chi connectivity index (χ2n) is 6.77. The molecule has 1 saturated heterocycles.